The molecule has 1 radical (unpaired) electrons. The molecule has 1 aromatic rings. The van der Waals surface area contributed by atoms with E-state index in [1.807, 2.05) is 13.8 Å². The molecule has 1 aromatic carbocycles. The van der Waals surface area contributed by atoms with E-state index in [9.17, 15) is 18.0 Å². The van der Waals surface area contributed by atoms with Crippen LogP contribution < -0.4 is 9.62 Å². The second-order valence-electron chi connectivity index (χ2n) is 7.33. The van der Waals surface area contributed by atoms with Crippen molar-refractivity contribution in [3.63, 3.8) is 0 Å². The van der Waals surface area contributed by atoms with E-state index in [1.165, 1.54) is 6.07 Å². The fourth-order valence-corrected chi connectivity index (χ4v) is 5.18. The number of anilines is 1. The lowest BCUT2D eigenvalue weighted by molar-refractivity contribution is -0.139. The van der Waals surface area contributed by atoms with Gasteiger partial charge in [-0.15, -0.1) is 0 Å². The number of ether oxygens (including phenoxy) is 2. The average molecular weight is 439 g/mol. The van der Waals surface area contributed by atoms with Crippen LogP contribution in [0.5, 0.6) is 0 Å². The van der Waals surface area contributed by atoms with Crippen LogP contribution in [0, 0.1) is 6.92 Å². The molecule has 3 rings (SSSR count). The fourth-order valence-electron chi connectivity index (χ4n) is 3.74. The van der Waals surface area contributed by atoms with Crippen molar-refractivity contribution in [1.82, 2.24) is 9.62 Å². The number of morpholine rings is 2. The molecule has 2 aliphatic rings. The summed E-state index contributed by atoms with van der Waals surface area (Å²) in [5.41, 5.74) is 1.06. The van der Waals surface area contributed by atoms with Crippen LogP contribution in [0.2, 0.25) is 0 Å². The molecule has 2 amide bonds. The highest BCUT2D eigenvalue weighted by atomic mass is 32.2. The van der Waals surface area contributed by atoms with Crippen LogP contribution in [0.4, 0.5) is 5.69 Å². The number of rotatable bonds is 6. The molecular formula is C20H28N3O6S. The van der Waals surface area contributed by atoms with E-state index in [0.29, 0.717) is 50.6 Å². The van der Waals surface area contributed by atoms with Gasteiger partial charge in [-0.25, -0.2) is 8.42 Å². The van der Waals surface area contributed by atoms with Crippen LogP contribution in [-0.2, 0) is 35.5 Å². The minimum absolute atomic E-state index is 0.0361. The molecule has 2 atom stereocenters. The van der Waals surface area contributed by atoms with Crippen LogP contribution in [0.25, 0.3) is 0 Å². The van der Waals surface area contributed by atoms with E-state index in [1.54, 1.807) is 21.9 Å². The average Bonchev–Trinajstić information content (AvgIpc) is 2.73. The van der Waals surface area contributed by atoms with Gasteiger partial charge in [0.05, 0.1) is 30.8 Å². The lowest BCUT2D eigenvalue weighted by atomic mass is 10.1. The van der Waals surface area contributed by atoms with Crippen molar-refractivity contribution in [2.45, 2.75) is 37.2 Å². The summed E-state index contributed by atoms with van der Waals surface area (Å²) < 4.78 is 39.2. The number of nitrogens with one attached hydrogen (secondary N) is 1. The molecular weight excluding hydrogens is 410 g/mol. The van der Waals surface area contributed by atoms with Crippen LogP contribution in [0.15, 0.2) is 23.1 Å². The Morgan fingerprint density at radius 2 is 2.03 bits per heavy atom. The van der Waals surface area contributed by atoms with Gasteiger partial charge in [0.1, 0.15) is 12.6 Å². The van der Waals surface area contributed by atoms with Crippen LogP contribution in [0.3, 0.4) is 0 Å². The second-order valence-corrected chi connectivity index (χ2v) is 9.02. The van der Waals surface area contributed by atoms with Gasteiger partial charge in [0.2, 0.25) is 15.9 Å². The van der Waals surface area contributed by atoms with Gasteiger partial charge in [-0.2, -0.15) is 4.72 Å². The summed E-state index contributed by atoms with van der Waals surface area (Å²) in [4.78, 5) is 28.2. The Morgan fingerprint density at radius 1 is 1.30 bits per heavy atom. The molecule has 0 aromatic heterocycles. The lowest BCUT2D eigenvalue weighted by Gasteiger charge is -2.35. The van der Waals surface area contributed by atoms with E-state index >= 15 is 0 Å². The normalized spacial score (nSPS) is 21.6. The minimum Gasteiger partial charge on any atom is -0.377 e. The monoisotopic (exact) mass is 438 g/mol. The molecule has 0 saturated carbocycles. The van der Waals surface area contributed by atoms with E-state index in [4.69, 9.17) is 9.47 Å². The predicted molar refractivity (Wildman–Crippen MR) is 110 cm³/mol. The van der Waals surface area contributed by atoms with Gasteiger partial charge in [-0.05, 0) is 38.0 Å². The summed E-state index contributed by atoms with van der Waals surface area (Å²) >= 11 is 0. The first kappa shape index (κ1) is 22.7. The lowest BCUT2D eigenvalue weighted by Crippen LogP contribution is -2.54. The molecule has 2 heterocycles. The molecule has 0 bridgehead atoms. The number of hydrogen-bond acceptors (Lipinski definition) is 6. The summed E-state index contributed by atoms with van der Waals surface area (Å²) in [6.07, 6.45) is 0.396. The highest BCUT2D eigenvalue weighted by molar-refractivity contribution is 7.89. The summed E-state index contributed by atoms with van der Waals surface area (Å²) in [6.45, 7) is 9.31. The van der Waals surface area contributed by atoms with Crippen molar-refractivity contribution >= 4 is 27.5 Å². The number of hydrogen-bond donors (Lipinski definition) is 1. The number of amides is 2. The van der Waals surface area contributed by atoms with E-state index in [-0.39, 0.29) is 23.5 Å². The summed E-state index contributed by atoms with van der Waals surface area (Å²) in [5, 5.41) is 0. The zero-order chi connectivity index (χ0) is 21.9. The number of benzene rings is 1. The summed E-state index contributed by atoms with van der Waals surface area (Å²) in [6, 6.07) is 3.47. The van der Waals surface area contributed by atoms with Crippen LogP contribution in [0.1, 0.15) is 19.4 Å². The molecule has 2 aliphatic heterocycles. The van der Waals surface area contributed by atoms with Gasteiger partial charge in [0.25, 0.3) is 5.91 Å². The predicted octanol–water partition coefficient (Wildman–Crippen LogP) is 0.340. The highest BCUT2D eigenvalue weighted by Gasteiger charge is 2.32. The molecule has 0 spiro atoms. The van der Waals surface area contributed by atoms with Crippen molar-refractivity contribution in [2.75, 3.05) is 44.4 Å². The van der Waals surface area contributed by atoms with Crippen LogP contribution >= 0.6 is 0 Å². The first-order chi connectivity index (χ1) is 14.3. The van der Waals surface area contributed by atoms with Gasteiger partial charge in [-0.3, -0.25) is 9.59 Å². The fraction of sp³-hybridized carbons (Fsp3) is 0.550. The number of nitrogens with zero attached hydrogens (tertiary/aromatic N) is 2. The Morgan fingerprint density at radius 3 is 2.70 bits per heavy atom. The van der Waals surface area contributed by atoms with E-state index in [0.717, 1.165) is 0 Å². The number of sulfonamides is 1. The van der Waals surface area contributed by atoms with Gasteiger partial charge >= 0.3 is 0 Å². The Kier molecular flexibility index (Phi) is 7.12. The third-order valence-electron chi connectivity index (χ3n) is 5.27. The largest absolute Gasteiger partial charge is 0.377 e. The quantitative estimate of drug-likeness (QED) is 0.687. The Labute approximate surface area is 177 Å². The maximum absolute atomic E-state index is 13.1. The number of carbonyl (C=O) groups is 2. The zero-order valence-electron chi connectivity index (χ0n) is 17.3. The Bertz CT molecular complexity index is 904. The standard InChI is InChI=1S/C20H28N3O6S/c1-4-16-17(23-9-11-29-13-19(23)24)6-5-7-18(16)30(26,27)21-15(3)20(25)22-8-10-28-12-14(22)2/h5-7,14-15,21H,3-4,8-13H2,1-2H3/t14-,15-/m0/s1. The summed E-state index contributed by atoms with van der Waals surface area (Å²) in [7, 11) is -4.04. The van der Waals surface area contributed by atoms with Crippen molar-refractivity contribution in [2.24, 2.45) is 0 Å². The van der Waals surface area contributed by atoms with Crippen molar-refractivity contribution < 1.29 is 27.5 Å². The van der Waals surface area contributed by atoms with Gasteiger partial charge in [0.15, 0.2) is 0 Å². The molecule has 30 heavy (non-hydrogen) atoms. The molecule has 1 N–H and O–H groups in total. The molecule has 2 saturated heterocycles. The maximum Gasteiger partial charge on any atom is 0.253 e. The summed E-state index contributed by atoms with van der Waals surface area (Å²) in [5.74, 6) is -0.614. The molecule has 165 valence electrons. The van der Waals surface area contributed by atoms with Gasteiger partial charge < -0.3 is 19.3 Å². The molecule has 9 nitrogen and oxygen atoms in total. The third kappa shape index (κ3) is 4.66. The topological polar surface area (TPSA) is 105 Å². The van der Waals surface area contributed by atoms with Crippen LogP contribution in [-0.4, -0.2) is 76.7 Å². The van der Waals surface area contributed by atoms with Gasteiger partial charge in [0, 0.05) is 18.8 Å². The second kappa shape index (κ2) is 9.42. The zero-order valence-corrected chi connectivity index (χ0v) is 18.1. The minimum atomic E-state index is -4.04. The van der Waals surface area contributed by atoms with Gasteiger partial charge in [-0.1, -0.05) is 13.0 Å². The van der Waals surface area contributed by atoms with Crippen molar-refractivity contribution in [3.05, 3.63) is 30.7 Å². The SMILES string of the molecule is [CH2][C@H](NS(=O)(=O)c1cccc(N2CCOCC2=O)c1CC)C(=O)N1CCOC[C@@H]1C. The Balaban J connectivity index is 1.85. The van der Waals surface area contributed by atoms with E-state index < -0.39 is 22.0 Å². The number of carbonyl (C=O) groups excluding carboxylic acids is 2. The maximum atomic E-state index is 13.1. The van der Waals surface area contributed by atoms with E-state index in [2.05, 4.69) is 11.6 Å². The molecule has 0 unspecified atom stereocenters. The third-order valence-corrected chi connectivity index (χ3v) is 6.83. The Hall–Kier alpha value is -2.01. The first-order valence-electron chi connectivity index (χ1n) is 10.00. The molecule has 0 aliphatic carbocycles. The smallest absolute Gasteiger partial charge is 0.253 e. The van der Waals surface area contributed by atoms with Crippen molar-refractivity contribution in [3.8, 4) is 0 Å². The molecule has 10 heteroatoms. The van der Waals surface area contributed by atoms with Crippen molar-refractivity contribution in [1.29, 1.82) is 0 Å². The molecule has 2 fully saturated rings. The first-order valence-corrected chi connectivity index (χ1v) is 11.5. The highest BCUT2D eigenvalue weighted by Crippen LogP contribution is 2.29.